The summed E-state index contributed by atoms with van der Waals surface area (Å²) in [4.78, 5) is 13.8. The summed E-state index contributed by atoms with van der Waals surface area (Å²) >= 11 is 0. The number of piperazine rings is 1. The van der Waals surface area contributed by atoms with Crippen molar-refractivity contribution in [3.63, 3.8) is 0 Å². The van der Waals surface area contributed by atoms with Crippen LogP contribution in [0.5, 0.6) is 0 Å². The van der Waals surface area contributed by atoms with Gasteiger partial charge in [0.05, 0.1) is 15.4 Å². The summed E-state index contributed by atoms with van der Waals surface area (Å²) in [5.41, 5.74) is -0.500. The Hall–Kier alpha value is -2.86. The Balaban J connectivity index is 1.80. The smallest absolute Gasteiger partial charge is 0.368 e. The molecule has 0 aromatic heterocycles. The predicted octanol–water partition coefficient (Wildman–Crippen LogP) is 2.59. The number of nitro groups is 1. The minimum absolute atomic E-state index is 0.228. The van der Waals surface area contributed by atoms with Crippen LogP contribution in [-0.4, -0.2) is 39.5 Å². The van der Waals surface area contributed by atoms with Crippen LogP contribution in [0, 0.1) is 10.1 Å². The third-order valence-electron chi connectivity index (χ3n) is 4.63. The first kappa shape index (κ1) is 20.9. The van der Waals surface area contributed by atoms with Gasteiger partial charge in [0.25, 0.3) is 5.69 Å². The SMILES string of the molecule is NS(=O)(=O)c1ccc(N2CCN(c3cccc(C(F)(F)F)c3)CC2)c([N+](=O)[O-])c1. The molecule has 1 aliphatic heterocycles. The molecular formula is C17H17F3N4O4S. The highest BCUT2D eigenvalue weighted by Crippen LogP contribution is 2.34. The number of sulfonamides is 1. The number of primary sulfonamides is 1. The molecule has 1 fully saturated rings. The van der Waals surface area contributed by atoms with E-state index in [1.165, 1.54) is 18.2 Å². The fourth-order valence-electron chi connectivity index (χ4n) is 3.18. The Morgan fingerprint density at radius 3 is 2.17 bits per heavy atom. The summed E-state index contributed by atoms with van der Waals surface area (Å²) in [6.45, 7) is 1.31. The molecule has 0 spiro atoms. The zero-order valence-electron chi connectivity index (χ0n) is 15.0. The monoisotopic (exact) mass is 430 g/mol. The van der Waals surface area contributed by atoms with Crippen LogP contribution in [-0.2, 0) is 16.2 Å². The molecule has 8 nitrogen and oxygen atoms in total. The van der Waals surface area contributed by atoms with E-state index in [2.05, 4.69) is 0 Å². The van der Waals surface area contributed by atoms with Crippen LogP contribution in [0.25, 0.3) is 0 Å². The van der Waals surface area contributed by atoms with Crippen LogP contribution >= 0.6 is 0 Å². The highest BCUT2D eigenvalue weighted by atomic mass is 32.2. The largest absolute Gasteiger partial charge is 0.416 e. The zero-order chi connectivity index (χ0) is 21.4. The number of alkyl halides is 3. The van der Waals surface area contributed by atoms with Crippen molar-refractivity contribution >= 4 is 27.1 Å². The first-order valence-electron chi connectivity index (χ1n) is 8.45. The van der Waals surface area contributed by atoms with E-state index >= 15 is 0 Å². The van der Waals surface area contributed by atoms with E-state index < -0.39 is 32.4 Å². The van der Waals surface area contributed by atoms with Gasteiger partial charge in [0.1, 0.15) is 5.69 Å². The molecule has 29 heavy (non-hydrogen) atoms. The van der Waals surface area contributed by atoms with E-state index in [0.717, 1.165) is 18.2 Å². The second-order valence-corrected chi connectivity index (χ2v) is 8.04. The normalized spacial score (nSPS) is 15.4. The first-order chi connectivity index (χ1) is 13.5. The lowest BCUT2D eigenvalue weighted by Gasteiger charge is -2.37. The molecule has 1 saturated heterocycles. The van der Waals surface area contributed by atoms with Gasteiger partial charge in [-0.25, -0.2) is 13.6 Å². The maximum absolute atomic E-state index is 12.9. The van der Waals surface area contributed by atoms with E-state index in [0.29, 0.717) is 31.9 Å². The van der Waals surface area contributed by atoms with Crippen molar-refractivity contribution in [3.05, 3.63) is 58.1 Å². The van der Waals surface area contributed by atoms with E-state index in [1.54, 1.807) is 15.9 Å². The Labute approximate surface area is 164 Å². The Bertz CT molecular complexity index is 1040. The Kier molecular flexibility index (Phi) is 5.41. The average Bonchev–Trinajstić information content (AvgIpc) is 2.66. The number of rotatable bonds is 4. The standard InChI is InChI=1S/C17H17F3N4O4S/c18-17(19,20)12-2-1-3-13(10-12)22-6-8-23(9-7-22)15-5-4-14(29(21,27)28)11-16(15)24(25)26/h1-5,10-11H,6-9H2,(H2,21,27,28). The summed E-state index contributed by atoms with van der Waals surface area (Å²) in [7, 11) is -4.09. The quantitative estimate of drug-likeness (QED) is 0.590. The maximum atomic E-state index is 12.9. The van der Waals surface area contributed by atoms with Crippen molar-refractivity contribution in [2.45, 2.75) is 11.1 Å². The van der Waals surface area contributed by atoms with Crippen molar-refractivity contribution in [2.75, 3.05) is 36.0 Å². The van der Waals surface area contributed by atoms with Gasteiger partial charge in [0.2, 0.25) is 10.0 Å². The summed E-state index contributed by atoms with van der Waals surface area (Å²) < 4.78 is 61.6. The third-order valence-corrected chi connectivity index (χ3v) is 5.54. The fraction of sp³-hybridized carbons (Fsp3) is 0.294. The topological polar surface area (TPSA) is 110 Å². The fourth-order valence-corrected chi connectivity index (χ4v) is 3.71. The van der Waals surface area contributed by atoms with Crippen LogP contribution < -0.4 is 14.9 Å². The number of anilines is 2. The van der Waals surface area contributed by atoms with Crippen LogP contribution in [0.1, 0.15) is 5.56 Å². The molecule has 1 aliphatic rings. The van der Waals surface area contributed by atoms with E-state index in [-0.39, 0.29) is 10.6 Å². The summed E-state index contributed by atoms with van der Waals surface area (Å²) in [6, 6.07) is 8.39. The van der Waals surface area contributed by atoms with Crippen LogP contribution in [0.2, 0.25) is 0 Å². The van der Waals surface area contributed by atoms with Gasteiger partial charge in [-0.15, -0.1) is 0 Å². The maximum Gasteiger partial charge on any atom is 0.416 e. The summed E-state index contributed by atoms with van der Waals surface area (Å²) in [5, 5.41) is 16.4. The van der Waals surface area contributed by atoms with Gasteiger partial charge in [-0.3, -0.25) is 10.1 Å². The number of hydrogen-bond donors (Lipinski definition) is 1. The highest BCUT2D eigenvalue weighted by Gasteiger charge is 2.31. The molecule has 1 heterocycles. The summed E-state index contributed by atoms with van der Waals surface area (Å²) in [6.07, 6.45) is -4.44. The van der Waals surface area contributed by atoms with Crippen LogP contribution in [0.15, 0.2) is 47.4 Å². The highest BCUT2D eigenvalue weighted by molar-refractivity contribution is 7.89. The molecule has 0 saturated carbocycles. The van der Waals surface area contributed by atoms with Crippen molar-refractivity contribution in [3.8, 4) is 0 Å². The van der Waals surface area contributed by atoms with Crippen molar-refractivity contribution in [1.29, 1.82) is 0 Å². The molecule has 0 amide bonds. The molecule has 3 rings (SSSR count). The minimum Gasteiger partial charge on any atom is -0.368 e. The molecule has 0 radical (unpaired) electrons. The van der Waals surface area contributed by atoms with Crippen LogP contribution in [0.4, 0.5) is 30.2 Å². The number of hydrogen-bond acceptors (Lipinski definition) is 6. The average molecular weight is 430 g/mol. The molecular weight excluding hydrogens is 413 g/mol. The minimum atomic E-state index is -4.44. The van der Waals surface area contributed by atoms with Crippen LogP contribution in [0.3, 0.4) is 0 Å². The van der Waals surface area contributed by atoms with Gasteiger partial charge < -0.3 is 9.80 Å². The van der Waals surface area contributed by atoms with Gasteiger partial charge in [-0.1, -0.05) is 6.07 Å². The van der Waals surface area contributed by atoms with E-state index in [4.69, 9.17) is 5.14 Å². The van der Waals surface area contributed by atoms with Gasteiger partial charge in [0, 0.05) is 37.9 Å². The molecule has 0 atom stereocenters. The Morgan fingerprint density at radius 2 is 1.62 bits per heavy atom. The lowest BCUT2D eigenvalue weighted by Crippen LogP contribution is -2.46. The van der Waals surface area contributed by atoms with Crippen molar-refractivity contribution in [1.82, 2.24) is 0 Å². The second kappa shape index (κ2) is 7.52. The lowest BCUT2D eigenvalue weighted by molar-refractivity contribution is -0.384. The lowest BCUT2D eigenvalue weighted by atomic mass is 10.1. The predicted molar refractivity (Wildman–Crippen MR) is 100 cm³/mol. The van der Waals surface area contributed by atoms with E-state index in [1.807, 2.05) is 0 Å². The number of benzene rings is 2. The van der Waals surface area contributed by atoms with Gasteiger partial charge in [0.15, 0.2) is 0 Å². The second-order valence-electron chi connectivity index (χ2n) is 6.47. The molecule has 2 aromatic carbocycles. The molecule has 0 bridgehead atoms. The number of nitro benzene ring substituents is 1. The van der Waals surface area contributed by atoms with Crippen molar-refractivity contribution < 1.29 is 26.5 Å². The molecule has 0 unspecified atom stereocenters. The van der Waals surface area contributed by atoms with Crippen molar-refractivity contribution in [2.24, 2.45) is 5.14 Å². The summed E-state index contributed by atoms with van der Waals surface area (Å²) in [5.74, 6) is 0. The Morgan fingerprint density at radius 1 is 1.00 bits per heavy atom. The number of nitrogens with zero attached hydrogens (tertiary/aromatic N) is 3. The van der Waals surface area contributed by atoms with Gasteiger partial charge in [-0.2, -0.15) is 13.2 Å². The molecule has 12 heteroatoms. The van der Waals surface area contributed by atoms with E-state index in [9.17, 15) is 31.7 Å². The van der Waals surface area contributed by atoms with Gasteiger partial charge >= 0.3 is 6.18 Å². The third kappa shape index (κ3) is 4.59. The molecule has 156 valence electrons. The zero-order valence-corrected chi connectivity index (χ0v) is 15.8. The van der Waals surface area contributed by atoms with Gasteiger partial charge in [-0.05, 0) is 30.3 Å². The number of nitrogens with two attached hydrogens (primary N) is 1. The number of halogens is 3. The molecule has 2 aromatic rings. The molecule has 0 aliphatic carbocycles. The first-order valence-corrected chi connectivity index (χ1v) is 10.00. The molecule has 2 N–H and O–H groups in total.